The van der Waals surface area contributed by atoms with Crippen molar-refractivity contribution in [3.63, 3.8) is 0 Å². The summed E-state index contributed by atoms with van der Waals surface area (Å²) in [4.78, 5) is 4.94. The predicted molar refractivity (Wildman–Crippen MR) is 80.4 cm³/mol. The smallest absolute Gasteiger partial charge is 0.169 e. The predicted octanol–water partition coefficient (Wildman–Crippen LogP) is 1.21. The second kappa shape index (κ2) is 6.37. The Morgan fingerprint density at radius 1 is 1.05 bits per heavy atom. The van der Waals surface area contributed by atoms with Crippen LogP contribution in [-0.4, -0.2) is 66.4 Å². The average Bonchev–Trinajstić information content (AvgIpc) is 3.10. The number of thiocarbonyl (C=S) groups is 1. The Bertz CT molecular complexity index is 314. The van der Waals surface area contributed by atoms with Crippen LogP contribution in [0.4, 0.5) is 0 Å². The second-order valence-electron chi connectivity index (χ2n) is 5.97. The first kappa shape index (κ1) is 13.6. The van der Waals surface area contributed by atoms with Crippen molar-refractivity contribution >= 4 is 17.3 Å². The van der Waals surface area contributed by atoms with Gasteiger partial charge in [0.05, 0.1) is 13.2 Å². The molecule has 3 aliphatic rings. The largest absolute Gasteiger partial charge is 0.379 e. The van der Waals surface area contributed by atoms with Gasteiger partial charge in [0.2, 0.25) is 0 Å². The molecule has 19 heavy (non-hydrogen) atoms. The third-order valence-corrected chi connectivity index (χ3v) is 5.07. The Labute approximate surface area is 121 Å². The lowest BCUT2D eigenvalue weighted by Crippen LogP contribution is -2.47. The molecule has 108 valence electrons. The van der Waals surface area contributed by atoms with E-state index in [1.807, 2.05) is 0 Å². The third kappa shape index (κ3) is 3.38. The summed E-state index contributed by atoms with van der Waals surface area (Å²) in [7, 11) is 0. The van der Waals surface area contributed by atoms with Gasteiger partial charge in [-0.25, -0.2) is 0 Å². The molecule has 0 bridgehead atoms. The van der Waals surface area contributed by atoms with Crippen LogP contribution in [-0.2, 0) is 4.74 Å². The molecule has 1 saturated carbocycles. The van der Waals surface area contributed by atoms with Gasteiger partial charge in [-0.3, -0.25) is 4.90 Å². The van der Waals surface area contributed by atoms with Crippen molar-refractivity contribution in [1.82, 2.24) is 15.1 Å². The van der Waals surface area contributed by atoms with Crippen LogP contribution in [0.3, 0.4) is 0 Å². The van der Waals surface area contributed by atoms with Crippen molar-refractivity contribution in [2.45, 2.75) is 44.2 Å². The molecule has 4 nitrogen and oxygen atoms in total. The number of likely N-dealkylation sites (tertiary alicyclic amines) is 1. The number of ether oxygens (including phenoxy) is 1. The number of nitrogens with zero attached hydrogens (tertiary/aromatic N) is 2. The van der Waals surface area contributed by atoms with Gasteiger partial charge in [-0.15, -0.1) is 0 Å². The number of hydrogen-bond acceptors (Lipinski definition) is 3. The third-order valence-electron chi connectivity index (χ3n) is 4.70. The first-order valence-corrected chi connectivity index (χ1v) is 8.11. The van der Waals surface area contributed by atoms with Gasteiger partial charge in [-0.2, -0.15) is 0 Å². The molecule has 1 unspecified atom stereocenters. The van der Waals surface area contributed by atoms with E-state index in [0.29, 0.717) is 12.1 Å². The zero-order chi connectivity index (χ0) is 13.1. The summed E-state index contributed by atoms with van der Waals surface area (Å²) in [6, 6.07) is 1.31. The molecule has 2 heterocycles. The van der Waals surface area contributed by atoms with E-state index in [1.165, 1.54) is 32.1 Å². The molecule has 1 atom stereocenters. The fourth-order valence-corrected chi connectivity index (χ4v) is 3.84. The normalized spacial score (nSPS) is 29.9. The van der Waals surface area contributed by atoms with Crippen molar-refractivity contribution in [3.05, 3.63) is 0 Å². The van der Waals surface area contributed by atoms with Crippen molar-refractivity contribution < 1.29 is 4.74 Å². The van der Waals surface area contributed by atoms with E-state index in [1.54, 1.807) is 0 Å². The molecule has 3 rings (SSSR count). The van der Waals surface area contributed by atoms with Gasteiger partial charge in [0.1, 0.15) is 0 Å². The molecule has 5 heteroatoms. The molecule has 0 aromatic heterocycles. The molecule has 0 aromatic rings. The molecule has 0 amide bonds. The monoisotopic (exact) mass is 283 g/mol. The standard InChI is InChI=1S/C14H25N3OS/c19-14(15-12-3-1-2-4-12)17-6-5-13(11-17)16-7-9-18-10-8-16/h12-13H,1-11H2,(H,15,19). The summed E-state index contributed by atoms with van der Waals surface area (Å²) in [6.45, 7) is 6.16. The Kier molecular flexibility index (Phi) is 4.56. The average molecular weight is 283 g/mol. The first-order valence-electron chi connectivity index (χ1n) is 7.70. The zero-order valence-corrected chi connectivity index (χ0v) is 12.5. The second-order valence-corrected chi connectivity index (χ2v) is 6.35. The molecule has 2 aliphatic heterocycles. The van der Waals surface area contributed by atoms with Gasteiger partial charge in [-0.05, 0) is 31.5 Å². The first-order chi connectivity index (χ1) is 9.33. The van der Waals surface area contributed by atoms with E-state index in [4.69, 9.17) is 17.0 Å². The maximum absolute atomic E-state index is 5.58. The van der Waals surface area contributed by atoms with E-state index in [9.17, 15) is 0 Å². The highest BCUT2D eigenvalue weighted by molar-refractivity contribution is 7.80. The Balaban J connectivity index is 1.46. The quantitative estimate of drug-likeness (QED) is 0.769. The van der Waals surface area contributed by atoms with Gasteiger partial charge in [0.25, 0.3) is 0 Å². The van der Waals surface area contributed by atoms with Crippen molar-refractivity contribution in [3.8, 4) is 0 Å². The van der Waals surface area contributed by atoms with Crippen LogP contribution in [0.1, 0.15) is 32.1 Å². The van der Waals surface area contributed by atoms with E-state index >= 15 is 0 Å². The van der Waals surface area contributed by atoms with Crippen molar-refractivity contribution in [2.24, 2.45) is 0 Å². The summed E-state index contributed by atoms with van der Waals surface area (Å²) in [6.07, 6.45) is 6.54. The maximum atomic E-state index is 5.58. The van der Waals surface area contributed by atoms with Crippen LogP contribution in [0.15, 0.2) is 0 Å². The lowest BCUT2D eigenvalue weighted by molar-refractivity contribution is 0.0195. The summed E-state index contributed by atoms with van der Waals surface area (Å²) in [5.41, 5.74) is 0. The van der Waals surface area contributed by atoms with Gasteiger partial charge < -0.3 is 15.0 Å². The maximum Gasteiger partial charge on any atom is 0.169 e. The minimum absolute atomic E-state index is 0.634. The summed E-state index contributed by atoms with van der Waals surface area (Å²) >= 11 is 5.58. The topological polar surface area (TPSA) is 27.7 Å². The summed E-state index contributed by atoms with van der Waals surface area (Å²) in [5.74, 6) is 0. The van der Waals surface area contributed by atoms with E-state index in [-0.39, 0.29) is 0 Å². The SMILES string of the molecule is S=C(NC1CCCC1)N1CCC(N2CCOCC2)C1. The van der Waals surface area contributed by atoms with Crippen LogP contribution in [0.2, 0.25) is 0 Å². The number of nitrogens with one attached hydrogen (secondary N) is 1. The fourth-order valence-electron chi connectivity index (χ4n) is 3.50. The van der Waals surface area contributed by atoms with Crippen LogP contribution in [0.5, 0.6) is 0 Å². The zero-order valence-electron chi connectivity index (χ0n) is 11.6. The molecule has 1 aliphatic carbocycles. The minimum Gasteiger partial charge on any atom is -0.379 e. The lowest BCUT2D eigenvalue weighted by atomic mass is 10.2. The fraction of sp³-hybridized carbons (Fsp3) is 0.929. The molecule has 1 N–H and O–H groups in total. The van der Waals surface area contributed by atoms with E-state index in [0.717, 1.165) is 44.5 Å². The summed E-state index contributed by atoms with van der Waals surface area (Å²) < 4.78 is 5.43. The highest BCUT2D eigenvalue weighted by Crippen LogP contribution is 2.20. The molecular formula is C14H25N3OS. The van der Waals surface area contributed by atoms with Gasteiger partial charge in [-0.1, -0.05) is 12.8 Å². The highest BCUT2D eigenvalue weighted by atomic mass is 32.1. The van der Waals surface area contributed by atoms with Gasteiger partial charge in [0.15, 0.2) is 5.11 Å². The summed E-state index contributed by atoms with van der Waals surface area (Å²) in [5, 5.41) is 4.55. The van der Waals surface area contributed by atoms with Crippen LogP contribution < -0.4 is 5.32 Å². The van der Waals surface area contributed by atoms with Gasteiger partial charge >= 0.3 is 0 Å². The highest BCUT2D eigenvalue weighted by Gasteiger charge is 2.30. The Hall–Kier alpha value is -0.390. The van der Waals surface area contributed by atoms with Crippen molar-refractivity contribution in [1.29, 1.82) is 0 Å². The van der Waals surface area contributed by atoms with Crippen LogP contribution in [0, 0.1) is 0 Å². The minimum atomic E-state index is 0.634. The van der Waals surface area contributed by atoms with Crippen LogP contribution in [0.25, 0.3) is 0 Å². The molecule has 2 saturated heterocycles. The number of morpholine rings is 1. The van der Waals surface area contributed by atoms with E-state index < -0.39 is 0 Å². The molecular weight excluding hydrogens is 258 g/mol. The van der Waals surface area contributed by atoms with Gasteiger partial charge in [0, 0.05) is 38.3 Å². The molecule has 0 spiro atoms. The van der Waals surface area contributed by atoms with Crippen LogP contribution >= 0.6 is 12.2 Å². The number of hydrogen-bond donors (Lipinski definition) is 1. The molecule has 0 aromatic carbocycles. The Morgan fingerprint density at radius 3 is 2.53 bits per heavy atom. The lowest BCUT2D eigenvalue weighted by Gasteiger charge is -2.32. The van der Waals surface area contributed by atoms with Crippen molar-refractivity contribution in [2.75, 3.05) is 39.4 Å². The Morgan fingerprint density at radius 2 is 1.79 bits per heavy atom. The molecule has 3 fully saturated rings. The number of rotatable bonds is 2. The van der Waals surface area contributed by atoms with E-state index in [2.05, 4.69) is 15.1 Å². The molecule has 0 radical (unpaired) electrons.